The van der Waals surface area contributed by atoms with Gasteiger partial charge in [0.15, 0.2) is 0 Å². The summed E-state index contributed by atoms with van der Waals surface area (Å²) in [5, 5.41) is 0. The molecule has 0 aliphatic heterocycles. The van der Waals surface area contributed by atoms with E-state index in [0.29, 0.717) is 35.9 Å². The molecule has 0 N–H and O–H groups in total. The van der Waals surface area contributed by atoms with Gasteiger partial charge in [0, 0.05) is 18.3 Å². The van der Waals surface area contributed by atoms with Gasteiger partial charge in [-0.2, -0.15) is 0 Å². The molecular formula is C19H28O2. The van der Waals surface area contributed by atoms with Crippen LogP contribution < -0.4 is 0 Å². The molecule has 0 radical (unpaired) electrons. The molecule has 4 saturated carbocycles. The molecule has 0 spiro atoms. The van der Waals surface area contributed by atoms with E-state index in [0.717, 1.165) is 24.7 Å². The van der Waals surface area contributed by atoms with Crippen molar-refractivity contribution in [2.75, 3.05) is 0 Å². The second-order valence-corrected chi connectivity index (χ2v) is 8.71. The molecule has 0 aromatic heterocycles. The second-order valence-electron chi connectivity index (χ2n) is 8.71. The molecule has 0 amide bonds. The van der Waals surface area contributed by atoms with Crippen LogP contribution in [0.5, 0.6) is 0 Å². The first kappa shape index (κ1) is 14.0. The third kappa shape index (κ3) is 1.83. The Morgan fingerprint density at radius 2 is 1.90 bits per heavy atom. The van der Waals surface area contributed by atoms with Crippen LogP contribution in [0.1, 0.15) is 71.1 Å². The van der Waals surface area contributed by atoms with Gasteiger partial charge in [-0.3, -0.25) is 4.79 Å². The fourth-order valence-electron chi connectivity index (χ4n) is 6.97. The first-order chi connectivity index (χ1) is 10.1. The maximum atomic E-state index is 12.1. The van der Waals surface area contributed by atoms with E-state index < -0.39 is 0 Å². The number of carbonyl (C=O) groups is 2. The van der Waals surface area contributed by atoms with Gasteiger partial charge >= 0.3 is 0 Å². The number of rotatable bonds is 1. The van der Waals surface area contributed by atoms with Gasteiger partial charge in [-0.1, -0.05) is 13.3 Å². The van der Waals surface area contributed by atoms with E-state index in [-0.39, 0.29) is 5.41 Å². The topological polar surface area (TPSA) is 34.1 Å². The van der Waals surface area contributed by atoms with Crippen molar-refractivity contribution in [3.05, 3.63) is 0 Å². The summed E-state index contributed by atoms with van der Waals surface area (Å²) in [7, 11) is 0. The van der Waals surface area contributed by atoms with Crippen LogP contribution in [-0.4, -0.2) is 12.1 Å². The number of fused-ring (bicyclic) bond motifs is 5. The molecule has 2 nitrogen and oxygen atoms in total. The molecule has 0 bridgehead atoms. The summed E-state index contributed by atoms with van der Waals surface area (Å²) in [5.41, 5.74) is 0.420. The summed E-state index contributed by atoms with van der Waals surface area (Å²) < 4.78 is 0. The van der Waals surface area contributed by atoms with Gasteiger partial charge < -0.3 is 4.79 Å². The zero-order chi connectivity index (χ0) is 14.7. The standard InChI is InChI=1S/C19H28O2/c1-18-8-2-3-16(18)15-5-4-13-11-14(21)6-10-19(13,12-20)17(15)7-9-18/h12-13,15-17H,2-11H2,1H3/t13?,15-,16-,17+,18-,19+/m0/s1. The Morgan fingerprint density at radius 1 is 1.05 bits per heavy atom. The first-order valence-electron chi connectivity index (χ1n) is 9.07. The fraction of sp³-hybridized carbons (Fsp3) is 0.895. The second kappa shape index (κ2) is 4.67. The van der Waals surface area contributed by atoms with Crippen LogP contribution in [0, 0.1) is 34.5 Å². The maximum Gasteiger partial charge on any atom is 0.133 e. The minimum Gasteiger partial charge on any atom is -0.303 e. The van der Waals surface area contributed by atoms with Crippen molar-refractivity contribution in [2.24, 2.45) is 34.5 Å². The predicted octanol–water partition coefficient (Wildman–Crippen LogP) is 4.17. The number of hydrogen-bond acceptors (Lipinski definition) is 2. The van der Waals surface area contributed by atoms with Crippen molar-refractivity contribution in [2.45, 2.75) is 71.1 Å². The fourth-order valence-corrected chi connectivity index (χ4v) is 6.97. The zero-order valence-corrected chi connectivity index (χ0v) is 13.3. The number of carbonyl (C=O) groups excluding carboxylic acids is 2. The van der Waals surface area contributed by atoms with Crippen LogP contribution in [0.3, 0.4) is 0 Å². The van der Waals surface area contributed by atoms with Gasteiger partial charge in [-0.05, 0) is 74.0 Å². The Bertz CT molecular complexity index is 470. The number of Topliss-reactive ketones (excluding diaryl/α,β-unsaturated/α-hetero) is 1. The van der Waals surface area contributed by atoms with Crippen molar-refractivity contribution < 1.29 is 9.59 Å². The van der Waals surface area contributed by atoms with Gasteiger partial charge in [0.25, 0.3) is 0 Å². The van der Waals surface area contributed by atoms with Crippen molar-refractivity contribution in [3.8, 4) is 0 Å². The van der Waals surface area contributed by atoms with E-state index in [1.54, 1.807) is 0 Å². The monoisotopic (exact) mass is 288 g/mol. The van der Waals surface area contributed by atoms with Crippen molar-refractivity contribution in [1.82, 2.24) is 0 Å². The Labute approximate surface area is 128 Å². The number of aldehydes is 1. The van der Waals surface area contributed by atoms with Gasteiger partial charge in [0.05, 0.1) is 0 Å². The average molecular weight is 288 g/mol. The molecule has 0 aromatic rings. The molecule has 4 aliphatic rings. The Morgan fingerprint density at radius 3 is 2.71 bits per heavy atom. The molecule has 4 rings (SSSR count). The molecular weight excluding hydrogens is 260 g/mol. The third-order valence-corrected chi connectivity index (χ3v) is 8.05. The molecule has 21 heavy (non-hydrogen) atoms. The van der Waals surface area contributed by atoms with E-state index in [4.69, 9.17) is 0 Å². The minimum absolute atomic E-state index is 0.138. The van der Waals surface area contributed by atoms with Gasteiger partial charge in [-0.25, -0.2) is 0 Å². The Hall–Kier alpha value is -0.660. The number of ketones is 1. The van der Waals surface area contributed by atoms with E-state index in [9.17, 15) is 9.59 Å². The minimum atomic E-state index is -0.138. The molecule has 0 saturated heterocycles. The largest absolute Gasteiger partial charge is 0.303 e. The molecule has 116 valence electrons. The molecule has 0 heterocycles. The van der Waals surface area contributed by atoms with Gasteiger partial charge in [0.1, 0.15) is 12.1 Å². The maximum absolute atomic E-state index is 12.1. The highest BCUT2D eigenvalue weighted by Crippen LogP contribution is 2.65. The van der Waals surface area contributed by atoms with Crippen LogP contribution >= 0.6 is 0 Å². The van der Waals surface area contributed by atoms with Gasteiger partial charge in [-0.15, -0.1) is 0 Å². The van der Waals surface area contributed by atoms with Crippen molar-refractivity contribution in [1.29, 1.82) is 0 Å². The van der Waals surface area contributed by atoms with Crippen LogP contribution in [0.4, 0.5) is 0 Å². The van der Waals surface area contributed by atoms with E-state index >= 15 is 0 Å². The molecule has 2 heteroatoms. The van der Waals surface area contributed by atoms with Crippen molar-refractivity contribution in [3.63, 3.8) is 0 Å². The lowest BCUT2D eigenvalue weighted by Crippen LogP contribution is -2.54. The average Bonchev–Trinajstić information content (AvgIpc) is 2.88. The normalized spacial score (nSPS) is 52.7. The number of hydrogen-bond donors (Lipinski definition) is 0. The van der Waals surface area contributed by atoms with Crippen LogP contribution in [0.2, 0.25) is 0 Å². The SMILES string of the molecule is C[C@@]12CCC[C@H]1[C@@H]1CCC3CC(=O)CC[C@]3(C=O)[C@@H]1CC2. The van der Waals surface area contributed by atoms with Gasteiger partial charge in [0.2, 0.25) is 0 Å². The van der Waals surface area contributed by atoms with Crippen LogP contribution in [-0.2, 0) is 9.59 Å². The highest BCUT2D eigenvalue weighted by molar-refractivity contribution is 5.82. The summed E-state index contributed by atoms with van der Waals surface area (Å²) >= 11 is 0. The summed E-state index contributed by atoms with van der Waals surface area (Å²) in [6.07, 6.45) is 12.6. The molecule has 4 fully saturated rings. The lowest BCUT2D eigenvalue weighted by molar-refractivity contribution is -0.150. The molecule has 6 atom stereocenters. The Kier molecular flexibility index (Phi) is 3.10. The summed E-state index contributed by atoms with van der Waals surface area (Å²) in [6, 6.07) is 0. The highest BCUT2D eigenvalue weighted by Gasteiger charge is 2.59. The zero-order valence-electron chi connectivity index (χ0n) is 13.3. The Balaban J connectivity index is 1.68. The third-order valence-electron chi connectivity index (χ3n) is 8.05. The van der Waals surface area contributed by atoms with Crippen molar-refractivity contribution >= 4 is 12.1 Å². The molecule has 0 aromatic carbocycles. The lowest BCUT2D eigenvalue weighted by Gasteiger charge is -2.58. The quantitative estimate of drug-likeness (QED) is 0.679. The smallest absolute Gasteiger partial charge is 0.133 e. The lowest BCUT2D eigenvalue weighted by atomic mass is 9.45. The first-order valence-corrected chi connectivity index (χ1v) is 9.07. The van der Waals surface area contributed by atoms with E-state index in [2.05, 4.69) is 6.92 Å². The van der Waals surface area contributed by atoms with Crippen LogP contribution in [0.15, 0.2) is 0 Å². The summed E-state index contributed by atoms with van der Waals surface area (Å²) in [6.45, 7) is 2.50. The van der Waals surface area contributed by atoms with Crippen LogP contribution in [0.25, 0.3) is 0 Å². The van der Waals surface area contributed by atoms with E-state index in [1.807, 2.05) is 0 Å². The summed E-state index contributed by atoms with van der Waals surface area (Å²) in [5.74, 6) is 2.96. The highest BCUT2D eigenvalue weighted by atomic mass is 16.1. The molecule has 4 aliphatic carbocycles. The predicted molar refractivity (Wildman–Crippen MR) is 81.7 cm³/mol. The molecule has 1 unspecified atom stereocenters. The van der Waals surface area contributed by atoms with E-state index in [1.165, 1.54) is 44.8 Å². The summed E-state index contributed by atoms with van der Waals surface area (Å²) in [4.78, 5) is 24.0.